The molecule has 5 nitrogen and oxygen atoms in total. The normalized spacial score (nSPS) is 15.6. The Morgan fingerprint density at radius 1 is 1.45 bits per heavy atom. The van der Waals surface area contributed by atoms with Gasteiger partial charge in [-0.05, 0) is 23.5 Å². The lowest BCUT2D eigenvalue weighted by Gasteiger charge is -2.25. The second-order valence-corrected chi connectivity index (χ2v) is 6.06. The molecule has 20 heavy (non-hydrogen) atoms. The van der Waals surface area contributed by atoms with E-state index in [1.165, 1.54) is 12.1 Å². The predicted molar refractivity (Wildman–Crippen MR) is 81.3 cm³/mol. The van der Waals surface area contributed by atoms with Crippen LogP contribution in [0.3, 0.4) is 0 Å². The first-order valence-electron chi connectivity index (χ1n) is 6.57. The Morgan fingerprint density at radius 3 is 2.70 bits per heavy atom. The first kappa shape index (κ1) is 15.0. The summed E-state index contributed by atoms with van der Waals surface area (Å²) in [6.07, 6.45) is 0.254. The number of nitrogens with zero attached hydrogens (tertiary/aromatic N) is 2. The van der Waals surface area contributed by atoms with Crippen LogP contribution in [0.15, 0.2) is 18.2 Å². The van der Waals surface area contributed by atoms with Gasteiger partial charge in [0, 0.05) is 29.7 Å². The number of fused-ring (bicyclic) bond motifs is 1. The van der Waals surface area contributed by atoms with E-state index in [0.717, 1.165) is 16.6 Å². The van der Waals surface area contributed by atoms with E-state index in [-0.39, 0.29) is 18.0 Å². The molecule has 6 heteroatoms. The van der Waals surface area contributed by atoms with E-state index in [9.17, 15) is 14.9 Å². The van der Waals surface area contributed by atoms with Crippen LogP contribution in [0, 0.1) is 22.0 Å². The van der Waals surface area contributed by atoms with Crippen molar-refractivity contribution in [2.24, 2.45) is 11.8 Å². The fraction of sp³-hybridized carbons (Fsp3) is 0.500. The van der Waals surface area contributed by atoms with Crippen molar-refractivity contribution in [3.63, 3.8) is 0 Å². The maximum Gasteiger partial charge on any atom is 0.269 e. The summed E-state index contributed by atoms with van der Waals surface area (Å²) < 4.78 is 0. The van der Waals surface area contributed by atoms with E-state index < -0.39 is 4.92 Å². The average molecular weight is 341 g/mol. The van der Waals surface area contributed by atoms with Crippen molar-refractivity contribution < 1.29 is 9.72 Å². The molecule has 1 amide bonds. The summed E-state index contributed by atoms with van der Waals surface area (Å²) in [6.45, 7) is 4.90. The van der Waals surface area contributed by atoms with Crippen LogP contribution >= 0.6 is 15.9 Å². The summed E-state index contributed by atoms with van der Waals surface area (Å²) in [5, 5.41) is 11.6. The monoisotopic (exact) mass is 340 g/mol. The lowest BCUT2D eigenvalue weighted by molar-refractivity contribution is -0.384. The predicted octanol–water partition coefficient (Wildman–Crippen LogP) is 3.15. The Balaban J connectivity index is 2.26. The minimum atomic E-state index is -0.428. The fourth-order valence-corrected chi connectivity index (χ4v) is 3.31. The Morgan fingerprint density at radius 2 is 2.15 bits per heavy atom. The third-order valence-corrected chi connectivity index (χ3v) is 4.60. The minimum Gasteiger partial charge on any atom is -0.312 e. The Labute approximate surface area is 126 Å². The molecule has 1 aliphatic rings. The SMILES string of the molecule is CC(C)C(CBr)CN1C(=O)Cc2cc([N+](=O)[O-])ccc21. The molecule has 0 radical (unpaired) electrons. The molecule has 0 fully saturated rings. The molecule has 1 heterocycles. The third-order valence-electron chi connectivity index (χ3n) is 3.77. The highest BCUT2D eigenvalue weighted by Gasteiger charge is 2.31. The van der Waals surface area contributed by atoms with Crippen LogP contribution in [0.4, 0.5) is 11.4 Å². The molecule has 0 spiro atoms. The highest BCUT2D eigenvalue weighted by Crippen LogP contribution is 2.33. The number of alkyl halides is 1. The molecule has 0 bridgehead atoms. The van der Waals surface area contributed by atoms with Crippen LogP contribution < -0.4 is 4.90 Å². The van der Waals surface area contributed by atoms with Crippen molar-refractivity contribution in [3.05, 3.63) is 33.9 Å². The lowest BCUT2D eigenvalue weighted by atomic mass is 9.97. The molecule has 0 aliphatic carbocycles. The summed E-state index contributed by atoms with van der Waals surface area (Å²) in [5.74, 6) is 0.844. The van der Waals surface area contributed by atoms with Crippen molar-refractivity contribution in [2.75, 3.05) is 16.8 Å². The van der Waals surface area contributed by atoms with Gasteiger partial charge in [0.15, 0.2) is 0 Å². The van der Waals surface area contributed by atoms with Gasteiger partial charge in [-0.2, -0.15) is 0 Å². The van der Waals surface area contributed by atoms with Gasteiger partial charge >= 0.3 is 0 Å². The summed E-state index contributed by atoms with van der Waals surface area (Å²) in [6, 6.07) is 4.65. The molecule has 1 aliphatic heterocycles. The van der Waals surface area contributed by atoms with Crippen LogP contribution in [0.25, 0.3) is 0 Å². The number of anilines is 1. The number of carbonyl (C=O) groups is 1. The molecule has 1 aromatic rings. The van der Waals surface area contributed by atoms with E-state index in [4.69, 9.17) is 0 Å². The van der Waals surface area contributed by atoms with Gasteiger partial charge in [0.2, 0.25) is 5.91 Å². The number of hydrogen-bond acceptors (Lipinski definition) is 3. The van der Waals surface area contributed by atoms with Crippen molar-refractivity contribution in [2.45, 2.75) is 20.3 Å². The number of carbonyl (C=O) groups excluding carboxylic acids is 1. The van der Waals surface area contributed by atoms with E-state index in [1.54, 1.807) is 11.0 Å². The number of rotatable bonds is 5. The molecule has 2 rings (SSSR count). The molecule has 0 aromatic heterocycles. The van der Waals surface area contributed by atoms with Gasteiger partial charge in [-0.15, -0.1) is 0 Å². The Bertz CT molecular complexity index is 545. The summed E-state index contributed by atoms with van der Waals surface area (Å²) in [4.78, 5) is 24.2. The van der Waals surface area contributed by atoms with Crippen molar-refractivity contribution in [1.29, 1.82) is 0 Å². The van der Waals surface area contributed by atoms with Gasteiger partial charge < -0.3 is 4.90 Å². The Kier molecular flexibility index (Phi) is 4.42. The molecule has 1 aromatic carbocycles. The van der Waals surface area contributed by atoms with Crippen LogP contribution in [0.1, 0.15) is 19.4 Å². The lowest BCUT2D eigenvalue weighted by Crippen LogP contribution is -2.34. The van der Waals surface area contributed by atoms with E-state index in [2.05, 4.69) is 29.8 Å². The van der Waals surface area contributed by atoms with Gasteiger partial charge in [-0.3, -0.25) is 14.9 Å². The quantitative estimate of drug-likeness (QED) is 0.469. The summed E-state index contributed by atoms with van der Waals surface area (Å²) >= 11 is 3.49. The largest absolute Gasteiger partial charge is 0.312 e. The van der Waals surface area contributed by atoms with Crippen molar-refractivity contribution in [1.82, 2.24) is 0 Å². The van der Waals surface area contributed by atoms with E-state index in [0.29, 0.717) is 18.4 Å². The molecule has 0 saturated heterocycles. The topological polar surface area (TPSA) is 63.5 Å². The van der Waals surface area contributed by atoms with Crippen LogP contribution in [0.2, 0.25) is 0 Å². The molecule has 1 unspecified atom stereocenters. The highest BCUT2D eigenvalue weighted by atomic mass is 79.9. The number of nitro groups is 1. The molecule has 1 atom stereocenters. The third kappa shape index (κ3) is 2.85. The highest BCUT2D eigenvalue weighted by molar-refractivity contribution is 9.09. The van der Waals surface area contributed by atoms with Crippen molar-refractivity contribution >= 4 is 33.2 Å². The first-order chi connectivity index (χ1) is 9.43. The van der Waals surface area contributed by atoms with Crippen molar-refractivity contribution in [3.8, 4) is 0 Å². The molecular weight excluding hydrogens is 324 g/mol. The smallest absolute Gasteiger partial charge is 0.269 e. The summed E-state index contributed by atoms with van der Waals surface area (Å²) in [7, 11) is 0. The second-order valence-electron chi connectivity index (χ2n) is 5.41. The van der Waals surface area contributed by atoms with Gasteiger partial charge in [-0.1, -0.05) is 29.8 Å². The zero-order valence-electron chi connectivity index (χ0n) is 11.5. The van der Waals surface area contributed by atoms with Gasteiger partial charge in [0.05, 0.1) is 11.3 Å². The zero-order chi connectivity index (χ0) is 14.9. The Hall–Kier alpha value is -1.43. The molecule has 0 N–H and O–H groups in total. The summed E-state index contributed by atoms with van der Waals surface area (Å²) in [5.41, 5.74) is 1.60. The average Bonchev–Trinajstić information content (AvgIpc) is 2.70. The molecular formula is C14H17BrN2O3. The van der Waals surface area contributed by atoms with Gasteiger partial charge in [0.1, 0.15) is 0 Å². The standard InChI is InChI=1S/C14H17BrN2O3/c1-9(2)11(7-15)8-16-13-4-3-12(17(19)20)5-10(13)6-14(16)18/h3-5,9,11H,6-8H2,1-2H3. The van der Waals surface area contributed by atoms with Crippen LogP contribution in [-0.4, -0.2) is 22.7 Å². The number of non-ortho nitro benzene ring substituents is 1. The molecule has 0 saturated carbocycles. The fourth-order valence-electron chi connectivity index (χ4n) is 2.36. The van der Waals surface area contributed by atoms with E-state index in [1.807, 2.05) is 0 Å². The van der Waals surface area contributed by atoms with E-state index >= 15 is 0 Å². The van der Waals surface area contributed by atoms with Gasteiger partial charge in [-0.25, -0.2) is 0 Å². The molecule has 108 valence electrons. The minimum absolute atomic E-state index is 0.0205. The first-order valence-corrected chi connectivity index (χ1v) is 7.69. The number of hydrogen-bond donors (Lipinski definition) is 0. The maximum atomic E-state index is 12.1. The maximum absolute atomic E-state index is 12.1. The van der Waals surface area contributed by atoms with Crippen LogP contribution in [0.5, 0.6) is 0 Å². The number of benzene rings is 1. The zero-order valence-corrected chi connectivity index (χ0v) is 13.1. The second kappa shape index (κ2) is 5.91. The number of amides is 1. The van der Waals surface area contributed by atoms with Gasteiger partial charge in [0.25, 0.3) is 5.69 Å². The number of nitro benzene ring substituents is 1. The number of halogens is 1. The van der Waals surface area contributed by atoms with Crippen LogP contribution in [-0.2, 0) is 11.2 Å².